The van der Waals surface area contributed by atoms with Crippen LogP contribution in [0.1, 0.15) is 5.56 Å². The molecule has 0 aliphatic rings. The molecule has 5 heteroatoms. The van der Waals surface area contributed by atoms with Gasteiger partial charge in [-0.2, -0.15) is 5.26 Å². The number of benzene rings is 8. The Hall–Kier alpha value is -7.86. The summed E-state index contributed by atoms with van der Waals surface area (Å²) in [4.78, 5) is 3.90. The molecule has 8 aromatic carbocycles. The Balaban J connectivity index is 1.20. The zero-order chi connectivity index (χ0) is 36.6. The maximum Gasteiger partial charge on any atom is 0.188 e. The lowest BCUT2D eigenvalue weighted by atomic mass is 10.00. The lowest BCUT2D eigenvalue weighted by Gasteiger charge is -2.19. The second-order valence-electron chi connectivity index (χ2n) is 13.9. The average Bonchev–Trinajstić information content (AvgIpc) is 3.89. The van der Waals surface area contributed by atoms with Crippen molar-refractivity contribution in [2.24, 2.45) is 0 Å². The number of nitriles is 1. The summed E-state index contributed by atoms with van der Waals surface area (Å²) in [5.41, 5.74) is 12.5. The van der Waals surface area contributed by atoms with Crippen LogP contribution in [0.3, 0.4) is 0 Å². The van der Waals surface area contributed by atoms with Crippen LogP contribution in [0.5, 0.6) is 0 Å². The minimum absolute atomic E-state index is 0.558. The molecule has 0 aliphatic heterocycles. The van der Waals surface area contributed by atoms with E-state index in [4.69, 9.17) is 6.57 Å². The number of nitrogens with zero attached hydrogens (tertiary/aromatic N) is 5. The molecule has 0 radical (unpaired) electrons. The fraction of sp³-hybridized carbons (Fsp3) is 0. The maximum atomic E-state index is 10.3. The number of hydrogen-bond donors (Lipinski definition) is 0. The molecule has 254 valence electrons. The van der Waals surface area contributed by atoms with Crippen molar-refractivity contribution in [3.8, 4) is 34.3 Å². The summed E-state index contributed by atoms with van der Waals surface area (Å²) >= 11 is 0. The Bertz CT molecular complexity index is 3420. The Kier molecular flexibility index (Phi) is 6.61. The molecular weight excluding hydrogens is 671 g/mol. The summed E-state index contributed by atoms with van der Waals surface area (Å²) in [6, 6.07) is 63.6. The smallest absolute Gasteiger partial charge is 0.188 e. The maximum absolute atomic E-state index is 10.3. The van der Waals surface area contributed by atoms with E-state index in [1.54, 1.807) is 0 Å². The van der Waals surface area contributed by atoms with Crippen molar-refractivity contribution >= 4 is 71.1 Å². The Morgan fingerprint density at radius 2 is 0.945 bits per heavy atom. The lowest BCUT2D eigenvalue weighted by Crippen LogP contribution is -2.02. The molecule has 11 rings (SSSR count). The van der Waals surface area contributed by atoms with Crippen LogP contribution in [0.15, 0.2) is 176 Å². The van der Waals surface area contributed by atoms with Gasteiger partial charge in [0.2, 0.25) is 0 Å². The van der Waals surface area contributed by atoms with E-state index in [1.807, 2.05) is 42.5 Å². The summed E-state index contributed by atoms with van der Waals surface area (Å²) in [7, 11) is 0. The molecule has 0 saturated carbocycles. The predicted molar refractivity (Wildman–Crippen MR) is 226 cm³/mol. The largest absolute Gasteiger partial charge is 0.309 e. The molecule has 0 amide bonds. The standard InChI is InChI=1S/C50H29N5/c1-52-33-25-27-48(41(29-33)38-17-6-11-24-47(38)55-46-23-10-4-16-37(46)40-19-12-13-32(31-51)50(40)55)54-45-22-9-5-18-39(45)42-30-34(26-28-49(42)54)53-43-20-7-2-14-35(43)36-15-3-8-21-44(36)53/h2-30H. The molecule has 0 spiro atoms. The quantitative estimate of drug-likeness (QED) is 0.169. The van der Waals surface area contributed by atoms with Gasteiger partial charge >= 0.3 is 0 Å². The molecule has 3 heterocycles. The van der Waals surface area contributed by atoms with Gasteiger partial charge in [0.25, 0.3) is 0 Å². The molecule has 0 atom stereocenters. The van der Waals surface area contributed by atoms with E-state index < -0.39 is 0 Å². The third kappa shape index (κ3) is 4.39. The second kappa shape index (κ2) is 11.8. The molecule has 0 bridgehead atoms. The van der Waals surface area contributed by atoms with Crippen LogP contribution in [-0.2, 0) is 0 Å². The van der Waals surface area contributed by atoms with Gasteiger partial charge in [-0.3, -0.25) is 0 Å². The summed E-state index contributed by atoms with van der Waals surface area (Å²) in [6.45, 7) is 8.05. The third-order valence-electron chi connectivity index (χ3n) is 11.1. The van der Waals surface area contributed by atoms with Gasteiger partial charge in [0, 0.05) is 43.6 Å². The van der Waals surface area contributed by atoms with Gasteiger partial charge in [-0.1, -0.05) is 109 Å². The van der Waals surface area contributed by atoms with E-state index in [0.29, 0.717) is 11.3 Å². The molecule has 0 fully saturated rings. The van der Waals surface area contributed by atoms with Gasteiger partial charge in [-0.05, 0) is 72.3 Å². The number of para-hydroxylation sites is 6. The Labute approximate surface area is 316 Å². The first kappa shape index (κ1) is 30.7. The number of rotatable bonds is 4. The molecule has 55 heavy (non-hydrogen) atoms. The highest BCUT2D eigenvalue weighted by Crippen LogP contribution is 2.43. The highest BCUT2D eigenvalue weighted by molar-refractivity contribution is 6.14. The van der Waals surface area contributed by atoms with E-state index >= 15 is 0 Å². The van der Waals surface area contributed by atoms with Gasteiger partial charge in [-0.15, -0.1) is 0 Å². The van der Waals surface area contributed by atoms with Crippen molar-refractivity contribution in [3.63, 3.8) is 0 Å². The Morgan fingerprint density at radius 3 is 1.62 bits per heavy atom. The van der Waals surface area contributed by atoms with Crippen molar-refractivity contribution in [1.82, 2.24) is 13.7 Å². The number of hydrogen-bond acceptors (Lipinski definition) is 1. The summed E-state index contributed by atoms with van der Waals surface area (Å²) in [5.74, 6) is 0. The van der Waals surface area contributed by atoms with E-state index in [0.717, 1.165) is 71.8 Å². The normalized spacial score (nSPS) is 11.6. The molecule has 11 aromatic rings. The third-order valence-corrected chi connectivity index (χ3v) is 11.1. The first-order valence-corrected chi connectivity index (χ1v) is 18.3. The number of fused-ring (bicyclic) bond motifs is 9. The van der Waals surface area contributed by atoms with Crippen molar-refractivity contribution in [3.05, 3.63) is 193 Å². The minimum atomic E-state index is 0.558. The van der Waals surface area contributed by atoms with Crippen molar-refractivity contribution < 1.29 is 0 Å². The average molecular weight is 700 g/mol. The topological polar surface area (TPSA) is 42.9 Å². The van der Waals surface area contributed by atoms with E-state index in [9.17, 15) is 5.26 Å². The second-order valence-corrected chi connectivity index (χ2v) is 13.9. The van der Waals surface area contributed by atoms with E-state index in [1.165, 1.54) is 21.8 Å². The van der Waals surface area contributed by atoms with Crippen LogP contribution in [0.4, 0.5) is 5.69 Å². The van der Waals surface area contributed by atoms with Crippen LogP contribution in [-0.4, -0.2) is 13.7 Å². The monoisotopic (exact) mass is 699 g/mol. The fourth-order valence-corrected chi connectivity index (χ4v) is 8.82. The summed E-state index contributed by atoms with van der Waals surface area (Å²) in [6.07, 6.45) is 0. The highest BCUT2D eigenvalue weighted by Gasteiger charge is 2.22. The van der Waals surface area contributed by atoms with E-state index in [2.05, 4.69) is 158 Å². The van der Waals surface area contributed by atoms with Crippen molar-refractivity contribution in [2.75, 3.05) is 0 Å². The van der Waals surface area contributed by atoms with Crippen LogP contribution >= 0.6 is 0 Å². The van der Waals surface area contributed by atoms with Gasteiger partial charge in [-0.25, -0.2) is 4.85 Å². The molecule has 0 aliphatic carbocycles. The zero-order valence-corrected chi connectivity index (χ0v) is 29.5. The van der Waals surface area contributed by atoms with Crippen LogP contribution in [0, 0.1) is 17.9 Å². The van der Waals surface area contributed by atoms with Crippen molar-refractivity contribution in [1.29, 1.82) is 5.26 Å². The molecule has 0 N–H and O–H groups in total. The van der Waals surface area contributed by atoms with Crippen LogP contribution in [0.25, 0.3) is 98.5 Å². The summed E-state index contributed by atoms with van der Waals surface area (Å²) in [5, 5.41) is 17.2. The first-order chi connectivity index (χ1) is 27.2. The van der Waals surface area contributed by atoms with Gasteiger partial charge in [0.1, 0.15) is 6.07 Å². The Morgan fingerprint density at radius 1 is 0.418 bits per heavy atom. The van der Waals surface area contributed by atoms with Crippen LogP contribution in [0.2, 0.25) is 0 Å². The summed E-state index contributed by atoms with van der Waals surface area (Å²) < 4.78 is 6.92. The highest BCUT2D eigenvalue weighted by atomic mass is 15.0. The molecule has 5 nitrogen and oxygen atoms in total. The lowest BCUT2D eigenvalue weighted by molar-refractivity contribution is 1.15. The van der Waals surface area contributed by atoms with Gasteiger partial charge < -0.3 is 13.7 Å². The molecule has 0 saturated heterocycles. The van der Waals surface area contributed by atoms with Crippen molar-refractivity contribution in [2.45, 2.75) is 0 Å². The SMILES string of the molecule is [C-]#[N+]c1ccc(-n2c3ccccc3c3cc(-n4c5ccccc5c5ccccc54)ccc32)c(-c2ccccc2-n2c3ccccc3c3cccc(C#N)c32)c1. The molecule has 0 unspecified atom stereocenters. The number of aromatic nitrogens is 3. The van der Waals surface area contributed by atoms with Crippen LogP contribution < -0.4 is 0 Å². The minimum Gasteiger partial charge on any atom is -0.309 e. The first-order valence-electron chi connectivity index (χ1n) is 18.3. The van der Waals surface area contributed by atoms with Gasteiger partial charge in [0.15, 0.2) is 5.69 Å². The molecule has 3 aromatic heterocycles. The fourth-order valence-electron chi connectivity index (χ4n) is 8.82. The predicted octanol–water partition coefficient (Wildman–Crippen LogP) is 13.1. The van der Waals surface area contributed by atoms with E-state index in [-0.39, 0.29) is 0 Å². The van der Waals surface area contributed by atoms with Gasteiger partial charge in [0.05, 0.1) is 56.6 Å². The zero-order valence-electron chi connectivity index (χ0n) is 29.5. The molecular formula is C50H29N5.